The molecule has 0 spiro atoms. The molecule has 0 N–H and O–H groups in total. The van der Waals surface area contributed by atoms with Gasteiger partial charge < -0.3 is 0 Å². The maximum Gasteiger partial charge on any atom is 0.255 e. The van der Waals surface area contributed by atoms with E-state index in [1.165, 1.54) is 0 Å². The highest BCUT2D eigenvalue weighted by Gasteiger charge is 2.10. The van der Waals surface area contributed by atoms with Gasteiger partial charge in [-0.25, -0.2) is 0 Å². The third-order valence-corrected chi connectivity index (χ3v) is 0.553. The molecule has 4 heteroatoms. The van der Waals surface area contributed by atoms with E-state index in [2.05, 4.69) is 0 Å². The zero-order valence-corrected chi connectivity index (χ0v) is 4.64. The van der Waals surface area contributed by atoms with E-state index in [0.717, 1.165) is 13.8 Å². The molecule has 0 saturated heterocycles. The molecule has 0 aromatic carbocycles. The van der Waals surface area contributed by atoms with E-state index >= 15 is 0 Å². The van der Waals surface area contributed by atoms with Crippen molar-refractivity contribution in [2.75, 3.05) is 0 Å². The second kappa shape index (κ2) is 2.40. The Hall–Kier alpha value is -0.930. The standard InChI is InChI=1S/C4H6FNO2/c1-3(7)6(5)4(2)8/h1-2H3. The quantitative estimate of drug-likeness (QED) is 0.429. The number of hydrogen-bond acceptors (Lipinski definition) is 2. The summed E-state index contributed by atoms with van der Waals surface area (Å²) in [5, 5.41) is -0.444. The normalized spacial score (nSPS) is 8.38. The van der Waals surface area contributed by atoms with Crippen LogP contribution >= 0.6 is 0 Å². The van der Waals surface area contributed by atoms with Crippen molar-refractivity contribution >= 4 is 11.8 Å². The molecule has 0 atom stereocenters. The number of amides is 2. The molecule has 0 bridgehead atoms. The summed E-state index contributed by atoms with van der Waals surface area (Å²) < 4.78 is 11.8. The molecule has 0 aromatic rings. The lowest BCUT2D eigenvalue weighted by molar-refractivity contribution is -0.158. The number of halogens is 1. The SMILES string of the molecule is CC(=O)N(F)C(C)=O. The summed E-state index contributed by atoms with van der Waals surface area (Å²) in [6.07, 6.45) is 0. The van der Waals surface area contributed by atoms with Crippen molar-refractivity contribution in [3.63, 3.8) is 0 Å². The highest BCUT2D eigenvalue weighted by Crippen LogP contribution is 1.88. The minimum Gasteiger partial charge on any atom is -0.272 e. The summed E-state index contributed by atoms with van der Waals surface area (Å²) in [5.74, 6) is -1.78. The van der Waals surface area contributed by atoms with Crippen LogP contribution in [-0.4, -0.2) is 16.9 Å². The minimum absolute atomic E-state index is 0.444. The van der Waals surface area contributed by atoms with E-state index < -0.39 is 16.9 Å². The van der Waals surface area contributed by atoms with Crippen LogP contribution in [-0.2, 0) is 9.59 Å². The second-order valence-electron chi connectivity index (χ2n) is 1.32. The van der Waals surface area contributed by atoms with Crippen molar-refractivity contribution in [1.29, 1.82) is 0 Å². The van der Waals surface area contributed by atoms with Gasteiger partial charge in [0.25, 0.3) is 11.8 Å². The number of hydrogen-bond donors (Lipinski definition) is 0. The lowest BCUT2D eigenvalue weighted by Crippen LogP contribution is -2.24. The molecule has 8 heavy (non-hydrogen) atoms. The molecule has 0 aliphatic rings. The van der Waals surface area contributed by atoms with Gasteiger partial charge in [0.05, 0.1) is 0 Å². The van der Waals surface area contributed by atoms with Crippen molar-refractivity contribution in [3.05, 3.63) is 0 Å². The summed E-state index contributed by atoms with van der Waals surface area (Å²) in [4.78, 5) is 19.8. The molecule has 0 radical (unpaired) electrons. The Labute approximate surface area is 46.0 Å². The fourth-order valence-corrected chi connectivity index (χ4v) is 0.222. The van der Waals surface area contributed by atoms with E-state index in [4.69, 9.17) is 0 Å². The number of imide groups is 1. The van der Waals surface area contributed by atoms with E-state index in [0.29, 0.717) is 0 Å². The number of carbonyl (C=O) groups excluding carboxylic acids is 2. The van der Waals surface area contributed by atoms with Crippen molar-refractivity contribution in [2.45, 2.75) is 13.8 Å². The van der Waals surface area contributed by atoms with Crippen LogP contribution in [0.2, 0.25) is 0 Å². The van der Waals surface area contributed by atoms with Crippen LogP contribution in [0.4, 0.5) is 4.48 Å². The molecule has 0 aliphatic carbocycles. The molecule has 0 aromatic heterocycles. The molecule has 3 nitrogen and oxygen atoms in total. The van der Waals surface area contributed by atoms with E-state index in [1.807, 2.05) is 0 Å². The molecule has 0 aliphatic heterocycles. The smallest absolute Gasteiger partial charge is 0.255 e. The zero-order chi connectivity index (χ0) is 6.73. The minimum atomic E-state index is -0.891. The van der Waals surface area contributed by atoms with Crippen LogP contribution in [0, 0.1) is 0 Å². The topological polar surface area (TPSA) is 37.4 Å². The van der Waals surface area contributed by atoms with Gasteiger partial charge in [-0.05, 0) is 0 Å². The molecule has 0 fully saturated rings. The zero-order valence-electron chi connectivity index (χ0n) is 4.64. The molecule has 0 saturated carbocycles. The fraction of sp³-hybridized carbons (Fsp3) is 0.500. The van der Waals surface area contributed by atoms with Crippen molar-refractivity contribution in [1.82, 2.24) is 5.12 Å². The van der Waals surface area contributed by atoms with Crippen molar-refractivity contribution < 1.29 is 14.1 Å². The van der Waals surface area contributed by atoms with Gasteiger partial charge in [0.1, 0.15) is 0 Å². The molecular weight excluding hydrogens is 113 g/mol. The average Bonchev–Trinajstić information content (AvgIpc) is 1.64. The Morgan fingerprint density at radius 2 is 1.50 bits per heavy atom. The maximum absolute atomic E-state index is 11.8. The summed E-state index contributed by atoms with van der Waals surface area (Å²) in [6, 6.07) is 0. The monoisotopic (exact) mass is 119 g/mol. The first-order chi connectivity index (χ1) is 3.55. The largest absolute Gasteiger partial charge is 0.272 e. The number of carbonyl (C=O) groups is 2. The van der Waals surface area contributed by atoms with Gasteiger partial charge in [-0.15, -0.1) is 5.12 Å². The molecular formula is C4H6FNO2. The predicted octanol–water partition coefficient (Wildman–Crippen LogP) is 0.266. The first-order valence-corrected chi connectivity index (χ1v) is 2.02. The summed E-state index contributed by atoms with van der Waals surface area (Å²) in [7, 11) is 0. The Bertz CT molecular complexity index is 109. The van der Waals surface area contributed by atoms with Gasteiger partial charge >= 0.3 is 0 Å². The van der Waals surface area contributed by atoms with Gasteiger partial charge in [-0.1, -0.05) is 4.48 Å². The summed E-state index contributed by atoms with van der Waals surface area (Å²) in [6.45, 7) is 1.95. The van der Waals surface area contributed by atoms with Crippen LogP contribution in [0.3, 0.4) is 0 Å². The third kappa shape index (κ3) is 1.68. The lowest BCUT2D eigenvalue weighted by atomic mass is 10.6. The van der Waals surface area contributed by atoms with Gasteiger partial charge in [-0.3, -0.25) is 9.59 Å². The van der Waals surface area contributed by atoms with Gasteiger partial charge in [0.2, 0.25) is 0 Å². The molecule has 2 amide bonds. The van der Waals surface area contributed by atoms with E-state index in [-0.39, 0.29) is 0 Å². The van der Waals surface area contributed by atoms with Crippen LogP contribution in [0.1, 0.15) is 13.8 Å². The Morgan fingerprint density at radius 1 is 1.25 bits per heavy atom. The van der Waals surface area contributed by atoms with E-state index in [1.54, 1.807) is 0 Å². The predicted molar refractivity (Wildman–Crippen MR) is 24.3 cm³/mol. The highest BCUT2D eigenvalue weighted by atomic mass is 19.2. The Kier molecular flexibility index (Phi) is 2.12. The van der Waals surface area contributed by atoms with Gasteiger partial charge in [0.15, 0.2) is 0 Å². The first kappa shape index (κ1) is 7.07. The summed E-state index contributed by atoms with van der Waals surface area (Å²) in [5.41, 5.74) is 0. The third-order valence-electron chi connectivity index (χ3n) is 0.553. The fourth-order valence-electron chi connectivity index (χ4n) is 0.222. The first-order valence-electron chi connectivity index (χ1n) is 2.02. The molecule has 0 unspecified atom stereocenters. The molecule has 0 heterocycles. The number of nitrogens with zero attached hydrogens (tertiary/aromatic N) is 1. The average molecular weight is 119 g/mol. The van der Waals surface area contributed by atoms with Crippen molar-refractivity contribution in [2.24, 2.45) is 0 Å². The van der Waals surface area contributed by atoms with Crippen LogP contribution < -0.4 is 0 Å². The number of rotatable bonds is 0. The Balaban J connectivity index is 3.83. The van der Waals surface area contributed by atoms with E-state index in [9.17, 15) is 14.1 Å². The van der Waals surface area contributed by atoms with Gasteiger partial charge in [-0.2, -0.15) is 0 Å². The second-order valence-corrected chi connectivity index (χ2v) is 1.32. The summed E-state index contributed by atoms with van der Waals surface area (Å²) >= 11 is 0. The molecule has 0 rings (SSSR count). The highest BCUT2D eigenvalue weighted by molar-refractivity contribution is 5.91. The molecule has 46 valence electrons. The Morgan fingerprint density at radius 3 is 1.50 bits per heavy atom. The van der Waals surface area contributed by atoms with Crippen LogP contribution in [0.25, 0.3) is 0 Å². The van der Waals surface area contributed by atoms with Crippen LogP contribution in [0.5, 0.6) is 0 Å². The maximum atomic E-state index is 11.8. The van der Waals surface area contributed by atoms with Crippen LogP contribution in [0.15, 0.2) is 0 Å². The lowest BCUT2D eigenvalue weighted by Gasteiger charge is -2.00. The van der Waals surface area contributed by atoms with Gasteiger partial charge in [0, 0.05) is 13.8 Å². The van der Waals surface area contributed by atoms with Crippen molar-refractivity contribution in [3.8, 4) is 0 Å².